The molecule has 31 heavy (non-hydrogen) atoms. The Kier molecular flexibility index (Phi) is 6.09. The molecule has 6 heteroatoms. The summed E-state index contributed by atoms with van der Waals surface area (Å²) in [4.78, 5) is 27.9. The lowest BCUT2D eigenvalue weighted by atomic mass is 10.1. The Morgan fingerprint density at radius 2 is 1.97 bits per heavy atom. The van der Waals surface area contributed by atoms with Crippen LogP contribution < -0.4 is 15.6 Å². The van der Waals surface area contributed by atoms with Gasteiger partial charge in [-0.1, -0.05) is 12.1 Å². The van der Waals surface area contributed by atoms with E-state index in [0.29, 0.717) is 29.0 Å². The van der Waals surface area contributed by atoms with Gasteiger partial charge in [-0.3, -0.25) is 14.2 Å². The summed E-state index contributed by atoms with van der Waals surface area (Å²) in [5, 5.41) is 4.47. The van der Waals surface area contributed by atoms with Crippen molar-refractivity contribution < 1.29 is 9.53 Å². The van der Waals surface area contributed by atoms with Crippen LogP contribution in [0.2, 0.25) is 0 Å². The SMILES string of the molecule is Cc1ccc(C(=O)NC2CC2)cc1-n1ccc2ccc(OCCCN(C)C)cc2c1=O. The quantitative estimate of drug-likeness (QED) is 0.568. The molecule has 2 aromatic carbocycles. The Bertz CT molecular complexity index is 1160. The fourth-order valence-electron chi connectivity index (χ4n) is 3.58. The van der Waals surface area contributed by atoms with Gasteiger partial charge in [-0.15, -0.1) is 0 Å². The Morgan fingerprint density at radius 3 is 2.71 bits per heavy atom. The highest BCUT2D eigenvalue weighted by atomic mass is 16.5. The third-order valence-corrected chi connectivity index (χ3v) is 5.54. The average Bonchev–Trinajstić information content (AvgIpc) is 3.56. The smallest absolute Gasteiger partial charge is 0.263 e. The van der Waals surface area contributed by atoms with Crippen LogP contribution in [0.3, 0.4) is 0 Å². The van der Waals surface area contributed by atoms with E-state index in [0.717, 1.165) is 36.8 Å². The largest absolute Gasteiger partial charge is 0.494 e. The number of carbonyl (C=O) groups excluding carboxylic acids is 1. The number of nitrogens with zero attached hydrogens (tertiary/aromatic N) is 2. The molecule has 0 saturated heterocycles. The Balaban J connectivity index is 1.64. The summed E-state index contributed by atoms with van der Waals surface area (Å²) in [5.74, 6) is 0.599. The number of pyridine rings is 1. The van der Waals surface area contributed by atoms with Crippen LogP contribution in [0.5, 0.6) is 5.75 Å². The van der Waals surface area contributed by atoms with E-state index in [2.05, 4.69) is 10.2 Å². The van der Waals surface area contributed by atoms with Gasteiger partial charge >= 0.3 is 0 Å². The van der Waals surface area contributed by atoms with Gasteiger partial charge in [-0.2, -0.15) is 0 Å². The van der Waals surface area contributed by atoms with Gasteiger partial charge in [0.2, 0.25) is 0 Å². The molecule has 1 aliphatic rings. The van der Waals surface area contributed by atoms with E-state index in [-0.39, 0.29) is 17.5 Å². The van der Waals surface area contributed by atoms with Crippen LogP contribution in [0.15, 0.2) is 53.5 Å². The summed E-state index contributed by atoms with van der Waals surface area (Å²) >= 11 is 0. The number of nitrogens with one attached hydrogen (secondary N) is 1. The van der Waals surface area contributed by atoms with Crippen LogP contribution in [-0.4, -0.2) is 48.7 Å². The number of hydrogen-bond acceptors (Lipinski definition) is 4. The van der Waals surface area contributed by atoms with Gasteiger partial charge in [-0.25, -0.2) is 0 Å². The van der Waals surface area contributed by atoms with E-state index in [1.165, 1.54) is 0 Å². The van der Waals surface area contributed by atoms with Crippen LogP contribution in [0.1, 0.15) is 35.2 Å². The number of hydrogen-bond donors (Lipinski definition) is 1. The maximum atomic E-state index is 13.3. The highest BCUT2D eigenvalue weighted by Gasteiger charge is 2.24. The van der Waals surface area contributed by atoms with Crippen LogP contribution in [-0.2, 0) is 0 Å². The van der Waals surface area contributed by atoms with Crippen molar-refractivity contribution in [1.29, 1.82) is 0 Å². The molecule has 1 N–H and O–H groups in total. The van der Waals surface area contributed by atoms with E-state index >= 15 is 0 Å². The fourth-order valence-corrected chi connectivity index (χ4v) is 3.58. The molecule has 0 unspecified atom stereocenters. The molecular weight excluding hydrogens is 390 g/mol. The van der Waals surface area contributed by atoms with E-state index in [9.17, 15) is 9.59 Å². The van der Waals surface area contributed by atoms with Gasteiger partial charge in [0.15, 0.2) is 0 Å². The molecule has 4 rings (SSSR count). The van der Waals surface area contributed by atoms with Crippen molar-refractivity contribution in [2.75, 3.05) is 27.2 Å². The molecule has 0 spiro atoms. The van der Waals surface area contributed by atoms with Crippen molar-refractivity contribution in [3.63, 3.8) is 0 Å². The minimum absolute atomic E-state index is 0.0917. The van der Waals surface area contributed by atoms with Crippen LogP contribution >= 0.6 is 0 Å². The minimum atomic E-state index is -0.126. The first-order valence-corrected chi connectivity index (χ1v) is 10.8. The van der Waals surface area contributed by atoms with Crippen molar-refractivity contribution in [3.05, 3.63) is 70.1 Å². The highest BCUT2D eigenvalue weighted by molar-refractivity contribution is 5.95. The maximum absolute atomic E-state index is 13.3. The second kappa shape index (κ2) is 8.94. The van der Waals surface area contributed by atoms with Gasteiger partial charge in [0, 0.05) is 24.3 Å². The summed E-state index contributed by atoms with van der Waals surface area (Å²) in [6, 6.07) is 13.3. The molecule has 3 aromatic rings. The zero-order valence-corrected chi connectivity index (χ0v) is 18.4. The molecular formula is C25H29N3O3. The number of carbonyl (C=O) groups is 1. The second-order valence-electron chi connectivity index (χ2n) is 8.49. The predicted octanol–water partition coefficient (Wildman–Crippen LogP) is 3.52. The Labute approximate surface area is 182 Å². The van der Waals surface area contributed by atoms with Crippen molar-refractivity contribution in [3.8, 4) is 11.4 Å². The van der Waals surface area contributed by atoms with Crippen LogP contribution in [0, 0.1) is 6.92 Å². The predicted molar refractivity (Wildman–Crippen MR) is 123 cm³/mol. The van der Waals surface area contributed by atoms with E-state index in [1.807, 2.05) is 57.4 Å². The number of aromatic nitrogens is 1. The lowest BCUT2D eigenvalue weighted by Gasteiger charge is -2.13. The summed E-state index contributed by atoms with van der Waals surface area (Å²) < 4.78 is 7.47. The van der Waals surface area contributed by atoms with Crippen molar-refractivity contribution in [2.45, 2.75) is 32.2 Å². The highest BCUT2D eigenvalue weighted by Crippen LogP contribution is 2.22. The molecule has 6 nitrogen and oxygen atoms in total. The topological polar surface area (TPSA) is 63.6 Å². The van der Waals surface area contributed by atoms with Gasteiger partial charge in [-0.05, 0) is 81.6 Å². The molecule has 1 amide bonds. The van der Waals surface area contributed by atoms with Gasteiger partial charge in [0.25, 0.3) is 11.5 Å². The lowest BCUT2D eigenvalue weighted by Crippen LogP contribution is -2.26. The molecule has 0 bridgehead atoms. The molecule has 1 aromatic heterocycles. The number of amides is 1. The van der Waals surface area contributed by atoms with Gasteiger partial charge in [0.1, 0.15) is 5.75 Å². The first kappa shape index (κ1) is 21.1. The Hall–Kier alpha value is -3.12. The average molecular weight is 420 g/mol. The first-order valence-electron chi connectivity index (χ1n) is 10.8. The lowest BCUT2D eigenvalue weighted by molar-refractivity contribution is 0.0951. The summed E-state index contributed by atoms with van der Waals surface area (Å²) in [6.45, 7) is 3.49. The summed E-state index contributed by atoms with van der Waals surface area (Å²) in [7, 11) is 4.07. The third kappa shape index (κ3) is 4.97. The standard InChI is InChI=1S/C25H29N3O3/c1-17-5-6-19(24(29)26-20-8-9-20)15-23(17)28-13-11-18-7-10-21(16-22(18)25(28)30)31-14-4-12-27(2)3/h5-7,10-11,13,15-16,20H,4,8-9,12,14H2,1-3H3,(H,26,29). The summed E-state index contributed by atoms with van der Waals surface area (Å²) in [6.07, 6.45) is 4.76. The minimum Gasteiger partial charge on any atom is -0.494 e. The van der Waals surface area contributed by atoms with Crippen molar-refractivity contribution >= 4 is 16.7 Å². The zero-order valence-electron chi connectivity index (χ0n) is 18.4. The van der Waals surface area contributed by atoms with Crippen LogP contribution in [0.4, 0.5) is 0 Å². The molecule has 1 saturated carbocycles. The number of benzene rings is 2. The number of ether oxygens (including phenoxy) is 1. The van der Waals surface area contributed by atoms with Crippen molar-refractivity contribution in [1.82, 2.24) is 14.8 Å². The first-order chi connectivity index (χ1) is 14.9. The molecule has 1 fully saturated rings. The number of rotatable bonds is 8. The summed E-state index contributed by atoms with van der Waals surface area (Å²) in [5.41, 5.74) is 2.09. The third-order valence-electron chi connectivity index (χ3n) is 5.54. The normalized spacial score (nSPS) is 13.5. The number of fused-ring (bicyclic) bond motifs is 1. The monoisotopic (exact) mass is 419 g/mol. The van der Waals surface area contributed by atoms with Gasteiger partial charge < -0.3 is 15.0 Å². The van der Waals surface area contributed by atoms with Crippen LogP contribution in [0.25, 0.3) is 16.5 Å². The van der Waals surface area contributed by atoms with E-state index < -0.39 is 0 Å². The van der Waals surface area contributed by atoms with E-state index in [4.69, 9.17) is 4.74 Å². The molecule has 162 valence electrons. The molecule has 0 atom stereocenters. The van der Waals surface area contributed by atoms with E-state index in [1.54, 1.807) is 16.8 Å². The molecule has 1 aliphatic carbocycles. The molecule has 1 heterocycles. The molecule has 0 aliphatic heterocycles. The van der Waals surface area contributed by atoms with Crippen molar-refractivity contribution in [2.24, 2.45) is 0 Å². The fraction of sp³-hybridized carbons (Fsp3) is 0.360. The number of aryl methyl sites for hydroxylation is 1. The molecule has 0 radical (unpaired) electrons. The van der Waals surface area contributed by atoms with Gasteiger partial charge in [0.05, 0.1) is 17.7 Å². The Morgan fingerprint density at radius 1 is 1.16 bits per heavy atom. The second-order valence-corrected chi connectivity index (χ2v) is 8.49. The zero-order chi connectivity index (χ0) is 22.0. The maximum Gasteiger partial charge on any atom is 0.263 e.